The first-order chi connectivity index (χ1) is 9.10. The van der Waals surface area contributed by atoms with Crippen LogP contribution in [0.2, 0.25) is 0 Å². The fourth-order valence-electron chi connectivity index (χ4n) is 1.44. The minimum atomic E-state index is -0.364. The fraction of sp³-hybridized carbons (Fsp3) is 0.231. The first-order valence-corrected chi connectivity index (χ1v) is 7.40. The standard InChI is InChI=1S/C13H13BrN2O2S/c1-3-9-4-6-11(19-9)8(2)15-16-13(17)10-5-7-12(14)18-10/h4-7H,3H2,1-2H3,(H,16,17). The molecule has 0 unspecified atom stereocenters. The molecule has 4 nitrogen and oxygen atoms in total. The lowest BCUT2D eigenvalue weighted by molar-refractivity contribution is 0.0926. The van der Waals surface area contributed by atoms with Crippen LogP contribution in [-0.2, 0) is 6.42 Å². The molecular formula is C13H13BrN2O2S. The molecule has 0 radical (unpaired) electrons. The molecule has 0 aliphatic heterocycles. The van der Waals surface area contributed by atoms with Gasteiger partial charge in [0.05, 0.1) is 10.6 Å². The molecule has 0 spiro atoms. The van der Waals surface area contributed by atoms with E-state index < -0.39 is 0 Å². The number of hydrogen-bond donors (Lipinski definition) is 1. The zero-order valence-electron chi connectivity index (χ0n) is 10.6. The highest BCUT2D eigenvalue weighted by molar-refractivity contribution is 9.10. The van der Waals surface area contributed by atoms with Crippen molar-refractivity contribution < 1.29 is 9.21 Å². The molecule has 0 saturated heterocycles. The monoisotopic (exact) mass is 340 g/mol. The first-order valence-electron chi connectivity index (χ1n) is 5.79. The van der Waals surface area contributed by atoms with Gasteiger partial charge < -0.3 is 4.42 Å². The van der Waals surface area contributed by atoms with Crippen molar-refractivity contribution in [1.82, 2.24) is 5.43 Å². The number of amides is 1. The van der Waals surface area contributed by atoms with E-state index >= 15 is 0 Å². The number of halogens is 1. The molecule has 2 rings (SSSR count). The van der Waals surface area contributed by atoms with Crippen molar-refractivity contribution in [2.75, 3.05) is 0 Å². The Bertz CT molecular complexity index is 616. The molecule has 0 fully saturated rings. The van der Waals surface area contributed by atoms with Crippen LogP contribution >= 0.6 is 27.3 Å². The molecule has 19 heavy (non-hydrogen) atoms. The molecular weight excluding hydrogens is 328 g/mol. The Morgan fingerprint density at radius 1 is 1.42 bits per heavy atom. The van der Waals surface area contributed by atoms with Crippen LogP contribution in [0.3, 0.4) is 0 Å². The number of nitrogens with one attached hydrogen (secondary N) is 1. The normalized spacial score (nSPS) is 11.6. The van der Waals surface area contributed by atoms with Crippen molar-refractivity contribution in [1.29, 1.82) is 0 Å². The molecule has 0 bridgehead atoms. The number of hydrogen-bond acceptors (Lipinski definition) is 4. The molecule has 0 aliphatic rings. The molecule has 6 heteroatoms. The second-order valence-corrected chi connectivity index (χ2v) is 5.81. The van der Waals surface area contributed by atoms with Gasteiger partial charge in [0.1, 0.15) is 0 Å². The summed E-state index contributed by atoms with van der Waals surface area (Å²) in [4.78, 5) is 14.1. The Labute approximate surface area is 123 Å². The second-order valence-electron chi connectivity index (χ2n) is 3.86. The first kappa shape index (κ1) is 14.0. The minimum Gasteiger partial charge on any atom is -0.444 e. The van der Waals surface area contributed by atoms with Gasteiger partial charge in [-0.1, -0.05) is 6.92 Å². The summed E-state index contributed by atoms with van der Waals surface area (Å²) in [6.45, 7) is 3.97. The molecule has 2 aromatic heterocycles. The third kappa shape index (κ3) is 3.54. The molecule has 0 saturated carbocycles. The maximum atomic E-state index is 11.7. The molecule has 2 aromatic rings. The van der Waals surface area contributed by atoms with Crippen LogP contribution in [0, 0.1) is 0 Å². The highest BCUT2D eigenvalue weighted by Crippen LogP contribution is 2.18. The van der Waals surface area contributed by atoms with Crippen molar-refractivity contribution in [2.45, 2.75) is 20.3 Å². The average molecular weight is 341 g/mol. The van der Waals surface area contributed by atoms with Gasteiger partial charge >= 0.3 is 5.91 Å². The van der Waals surface area contributed by atoms with Gasteiger partial charge in [-0.25, -0.2) is 5.43 Å². The molecule has 1 amide bonds. The number of aryl methyl sites for hydroxylation is 1. The summed E-state index contributed by atoms with van der Waals surface area (Å²) in [6, 6.07) is 7.34. The minimum absolute atomic E-state index is 0.226. The van der Waals surface area contributed by atoms with Crippen LogP contribution in [0.1, 0.15) is 34.2 Å². The number of rotatable bonds is 4. The number of carbonyl (C=O) groups is 1. The zero-order valence-corrected chi connectivity index (χ0v) is 13.0. The summed E-state index contributed by atoms with van der Waals surface area (Å²) in [5, 5.41) is 4.08. The maximum Gasteiger partial charge on any atom is 0.307 e. The zero-order chi connectivity index (χ0) is 13.8. The highest BCUT2D eigenvalue weighted by Gasteiger charge is 2.10. The van der Waals surface area contributed by atoms with Crippen LogP contribution in [0.15, 0.2) is 38.5 Å². The summed E-state index contributed by atoms with van der Waals surface area (Å²) < 4.78 is 5.66. The third-order valence-corrected chi connectivity index (χ3v) is 4.25. The van der Waals surface area contributed by atoms with Crippen LogP contribution < -0.4 is 5.43 Å². The van der Waals surface area contributed by atoms with Gasteiger partial charge in [0.2, 0.25) is 0 Å². The van der Waals surface area contributed by atoms with Gasteiger partial charge in [-0.15, -0.1) is 11.3 Å². The van der Waals surface area contributed by atoms with E-state index in [0.717, 1.165) is 17.0 Å². The number of nitrogens with zero attached hydrogens (tertiary/aromatic N) is 1. The topological polar surface area (TPSA) is 54.6 Å². The van der Waals surface area contributed by atoms with E-state index in [1.54, 1.807) is 23.5 Å². The Kier molecular flexibility index (Phi) is 4.55. The SMILES string of the molecule is CCc1ccc(C(C)=NNC(=O)c2ccc(Br)o2)s1. The van der Waals surface area contributed by atoms with E-state index in [-0.39, 0.29) is 11.7 Å². The van der Waals surface area contributed by atoms with Crippen molar-refractivity contribution in [3.8, 4) is 0 Å². The van der Waals surface area contributed by atoms with E-state index in [1.807, 2.05) is 13.0 Å². The fourth-order valence-corrected chi connectivity index (χ4v) is 2.64. The van der Waals surface area contributed by atoms with Crippen molar-refractivity contribution >= 4 is 38.9 Å². The van der Waals surface area contributed by atoms with E-state index in [1.165, 1.54) is 4.88 Å². The third-order valence-electron chi connectivity index (χ3n) is 2.49. The summed E-state index contributed by atoms with van der Waals surface area (Å²) in [5.74, 6) is -0.138. The number of carbonyl (C=O) groups excluding carboxylic acids is 1. The predicted octanol–water partition coefficient (Wildman–Crippen LogP) is 3.82. The lowest BCUT2D eigenvalue weighted by Crippen LogP contribution is -2.18. The van der Waals surface area contributed by atoms with E-state index in [4.69, 9.17) is 4.42 Å². The van der Waals surface area contributed by atoms with Gasteiger partial charge in [-0.2, -0.15) is 5.10 Å². The van der Waals surface area contributed by atoms with Crippen molar-refractivity contribution in [3.63, 3.8) is 0 Å². The second kappa shape index (κ2) is 6.16. The molecule has 0 aromatic carbocycles. The van der Waals surface area contributed by atoms with E-state index in [2.05, 4.69) is 39.4 Å². The van der Waals surface area contributed by atoms with Gasteiger partial charge in [-0.05, 0) is 53.5 Å². The van der Waals surface area contributed by atoms with Crippen LogP contribution in [0.25, 0.3) is 0 Å². The molecule has 100 valence electrons. The Morgan fingerprint density at radius 2 is 2.21 bits per heavy atom. The van der Waals surface area contributed by atoms with Gasteiger partial charge in [0.15, 0.2) is 10.4 Å². The summed E-state index contributed by atoms with van der Waals surface area (Å²) in [7, 11) is 0. The number of thiophene rings is 1. The number of furan rings is 1. The van der Waals surface area contributed by atoms with Crippen LogP contribution in [-0.4, -0.2) is 11.6 Å². The van der Waals surface area contributed by atoms with Gasteiger partial charge in [0.25, 0.3) is 0 Å². The lowest BCUT2D eigenvalue weighted by atomic mass is 10.3. The van der Waals surface area contributed by atoms with E-state index in [0.29, 0.717) is 4.67 Å². The molecule has 2 heterocycles. The summed E-state index contributed by atoms with van der Waals surface area (Å²) in [6.07, 6.45) is 1.00. The molecule has 0 aliphatic carbocycles. The maximum absolute atomic E-state index is 11.7. The average Bonchev–Trinajstić information content (AvgIpc) is 3.04. The summed E-state index contributed by atoms with van der Waals surface area (Å²) in [5.41, 5.74) is 3.26. The van der Waals surface area contributed by atoms with Crippen LogP contribution in [0.5, 0.6) is 0 Å². The highest BCUT2D eigenvalue weighted by atomic mass is 79.9. The Morgan fingerprint density at radius 3 is 2.79 bits per heavy atom. The Hall–Kier alpha value is -1.40. The number of hydrazone groups is 1. The largest absolute Gasteiger partial charge is 0.444 e. The molecule has 0 atom stereocenters. The predicted molar refractivity (Wildman–Crippen MR) is 79.8 cm³/mol. The Balaban J connectivity index is 2.03. The van der Waals surface area contributed by atoms with Crippen molar-refractivity contribution in [2.24, 2.45) is 5.10 Å². The van der Waals surface area contributed by atoms with Gasteiger partial charge in [-0.3, -0.25) is 4.79 Å². The lowest BCUT2D eigenvalue weighted by Gasteiger charge is -1.98. The van der Waals surface area contributed by atoms with E-state index in [9.17, 15) is 4.79 Å². The smallest absolute Gasteiger partial charge is 0.307 e. The molecule has 1 N–H and O–H groups in total. The van der Waals surface area contributed by atoms with Gasteiger partial charge in [0, 0.05) is 4.88 Å². The summed E-state index contributed by atoms with van der Waals surface area (Å²) >= 11 is 4.83. The van der Waals surface area contributed by atoms with Crippen molar-refractivity contribution in [3.05, 3.63) is 44.4 Å². The van der Waals surface area contributed by atoms with Crippen LogP contribution in [0.4, 0.5) is 0 Å². The quantitative estimate of drug-likeness (QED) is 0.679.